The monoisotopic (exact) mass is 338 g/mol. The molecule has 1 aromatic rings. The zero-order valence-corrected chi connectivity index (χ0v) is 13.1. The van der Waals surface area contributed by atoms with E-state index in [9.17, 15) is 9.90 Å². The predicted molar refractivity (Wildman–Crippen MR) is 82.7 cm³/mol. The van der Waals surface area contributed by atoms with E-state index >= 15 is 0 Å². The van der Waals surface area contributed by atoms with E-state index in [0.717, 1.165) is 13.1 Å². The average Bonchev–Trinajstić information content (AvgIpc) is 2.31. The Hall–Kier alpha value is -0.520. The van der Waals surface area contributed by atoms with Crippen molar-refractivity contribution in [2.75, 3.05) is 19.6 Å². The lowest BCUT2D eigenvalue weighted by molar-refractivity contribution is -0.122. The average molecular weight is 340 g/mol. The number of carbonyl (C=O) groups is 1. The molecule has 3 N–H and O–H groups in total. The minimum atomic E-state index is -0.898. The molecule has 1 aliphatic rings. The number of halogens is 3. The molecule has 1 heterocycles. The van der Waals surface area contributed by atoms with Crippen LogP contribution in [0, 0.1) is 5.92 Å². The summed E-state index contributed by atoms with van der Waals surface area (Å²) >= 11 is 12.0. The highest BCUT2D eigenvalue weighted by Gasteiger charge is 2.21. The van der Waals surface area contributed by atoms with Crippen molar-refractivity contribution in [1.82, 2.24) is 10.6 Å². The maximum absolute atomic E-state index is 11.6. The van der Waals surface area contributed by atoms with E-state index in [4.69, 9.17) is 23.2 Å². The van der Waals surface area contributed by atoms with Crippen LogP contribution < -0.4 is 10.6 Å². The van der Waals surface area contributed by atoms with Crippen LogP contribution in [0.3, 0.4) is 0 Å². The smallest absolute Gasteiger partial charge is 0.220 e. The molecular weight excluding hydrogens is 323 g/mol. The molecule has 0 radical (unpaired) electrons. The van der Waals surface area contributed by atoms with Crippen LogP contribution in [0.5, 0.6) is 0 Å². The Balaban J connectivity index is 0.00000200. The maximum atomic E-state index is 11.6. The molecule has 0 aromatic heterocycles. The normalized spacial score (nSPS) is 15.9. The van der Waals surface area contributed by atoms with Gasteiger partial charge in [-0.15, -0.1) is 12.4 Å². The molecule has 112 valence electrons. The number of amides is 1. The van der Waals surface area contributed by atoms with Gasteiger partial charge in [-0.25, -0.2) is 0 Å². The van der Waals surface area contributed by atoms with Crippen molar-refractivity contribution >= 4 is 41.5 Å². The zero-order valence-electron chi connectivity index (χ0n) is 10.7. The molecule has 0 bridgehead atoms. The van der Waals surface area contributed by atoms with E-state index in [1.54, 1.807) is 18.2 Å². The van der Waals surface area contributed by atoms with Gasteiger partial charge in [-0.1, -0.05) is 29.3 Å². The summed E-state index contributed by atoms with van der Waals surface area (Å²) in [5.74, 6) is 0.342. The summed E-state index contributed by atoms with van der Waals surface area (Å²) < 4.78 is 0. The second-order valence-electron chi connectivity index (χ2n) is 4.68. The first-order chi connectivity index (χ1) is 9.08. The number of hydrogen-bond acceptors (Lipinski definition) is 3. The van der Waals surface area contributed by atoms with Gasteiger partial charge in [0.15, 0.2) is 0 Å². The molecule has 1 aromatic carbocycles. The number of aliphatic hydroxyl groups excluding tert-OH is 1. The van der Waals surface area contributed by atoms with Gasteiger partial charge in [0.2, 0.25) is 5.91 Å². The molecule has 1 aliphatic heterocycles. The number of hydrogen-bond donors (Lipinski definition) is 3. The summed E-state index contributed by atoms with van der Waals surface area (Å²) in [5, 5.41) is 16.6. The Morgan fingerprint density at radius 2 is 2.00 bits per heavy atom. The van der Waals surface area contributed by atoms with Gasteiger partial charge in [0, 0.05) is 28.6 Å². The standard InChI is InChI=1S/C13H16Cl2N2O2.ClH/c14-9-2-1-3-10(15)13(9)11(18)7-17-12(19)4-8-5-16-6-8;/h1-3,8,11,16,18H,4-7H2,(H,17,19);1H. The van der Waals surface area contributed by atoms with Crippen molar-refractivity contribution in [1.29, 1.82) is 0 Å². The van der Waals surface area contributed by atoms with E-state index in [1.807, 2.05) is 0 Å². The van der Waals surface area contributed by atoms with Gasteiger partial charge in [0.1, 0.15) is 0 Å². The van der Waals surface area contributed by atoms with Crippen molar-refractivity contribution in [3.8, 4) is 0 Å². The van der Waals surface area contributed by atoms with Gasteiger partial charge in [0.25, 0.3) is 0 Å². The van der Waals surface area contributed by atoms with Crippen molar-refractivity contribution < 1.29 is 9.90 Å². The largest absolute Gasteiger partial charge is 0.386 e. The van der Waals surface area contributed by atoms with Crippen LogP contribution in [0.4, 0.5) is 0 Å². The highest BCUT2D eigenvalue weighted by atomic mass is 35.5. The highest BCUT2D eigenvalue weighted by molar-refractivity contribution is 6.36. The topological polar surface area (TPSA) is 61.4 Å². The van der Waals surface area contributed by atoms with Gasteiger partial charge < -0.3 is 15.7 Å². The molecule has 1 atom stereocenters. The molecule has 4 nitrogen and oxygen atoms in total. The SMILES string of the molecule is Cl.O=C(CC1CNC1)NCC(O)c1c(Cl)cccc1Cl. The number of aliphatic hydroxyl groups is 1. The summed E-state index contributed by atoms with van der Waals surface area (Å²) in [7, 11) is 0. The number of benzene rings is 1. The molecule has 1 fully saturated rings. The summed E-state index contributed by atoms with van der Waals surface area (Å²) in [6.07, 6.45) is -0.416. The fraction of sp³-hybridized carbons (Fsp3) is 0.462. The number of rotatable bonds is 5. The molecule has 0 aliphatic carbocycles. The third-order valence-electron chi connectivity index (χ3n) is 3.17. The second-order valence-corrected chi connectivity index (χ2v) is 5.50. The number of carbonyl (C=O) groups excluding carboxylic acids is 1. The molecular formula is C13H17Cl3N2O2. The van der Waals surface area contributed by atoms with Crippen LogP contribution >= 0.6 is 35.6 Å². The molecule has 2 rings (SSSR count). The van der Waals surface area contributed by atoms with Gasteiger partial charge in [-0.3, -0.25) is 4.79 Å². The summed E-state index contributed by atoms with van der Waals surface area (Å²) in [4.78, 5) is 11.6. The van der Waals surface area contributed by atoms with Crippen LogP contribution in [-0.2, 0) is 4.79 Å². The third kappa shape index (κ3) is 4.50. The minimum Gasteiger partial charge on any atom is -0.386 e. The molecule has 1 saturated heterocycles. The third-order valence-corrected chi connectivity index (χ3v) is 3.82. The predicted octanol–water partition coefficient (Wildman–Crippen LogP) is 2.17. The van der Waals surface area contributed by atoms with Crippen molar-refractivity contribution in [3.63, 3.8) is 0 Å². The fourth-order valence-corrected chi connectivity index (χ4v) is 2.62. The Morgan fingerprint density at radius 3 is 2.50 bits per heavy atom. The van der Waals surface area contributed by atoms with Crippen LogP contribution in [0.2, 0.25) is 10.0 Å². The van der Waals surface area contributed by atoms with Crippen LogP contribution in [0.15, 0.2) is 18.2 Å². The molecule has 1 amide bonds. The maximum Gasteiger partial charge on any atom is 0.220 e. The van der Waals surface area contributed by atoms with Crippen molar-refractivity contribution in [3.05, 3.63) is 33.8 Å². The van der Waals surface area contributed by atoms with E-state index in [-0.39, 0.29) is 24.9 Å². The van der Waals surface area contributed by atoms with Crippen molar-refractivity contribution in [2.45, 2.75) is 12.5 Å². The van der Waals surface area contributed by atoms with Crippen LogP contribution in [-0.4, -0.2) is 30.6 Å². The quantitative estimate of drug-likeness (QED) is 0.770. The Bertz CT molecular complexity index is 447. The lowest BCUT2D eigenvalue weighted by atomic mass is 9.99. The van der Waals surface area contributed by atoms with Gasteiger partial charge in [-0.05, 0) is 31.1 Å². The van der Waals surface area contributed by atoms with Gasteiger partial charge >= 0.3 is 0 Å². The summed E-state index contributed by atoms with van der Waals surface area (Å²) in [6.45, 7) is 1.88. The molecule has 0 saturated carbocycles. The second kappa shape index (κ2) is 8.05. The van der Waals surface area contributed by atoms with Gasteiger partial charge in [0.05, 0.1) is 6.10 Å². The summed E-state index contributed by atoms with van der Waals surface area (Å²) in [6, 6.07) is 5.03. The minimum absolute atomic E-state index is 0. The van der Waals surface area contributed by atoms with E-state index < -0.39 is 6.10 Å². The van der Waals surface area contributed by atoms with E-state index in [1.165, 1.54) is 0 Å². The van der Waals surface area contributed by atoms with E-state index in [0.29, 0.717) is 27.9 Å². The Labute approximate surface area is 134 Å². The van der Waals surface area contributed by atoms with E-state index in [2.05, 4.69) is 10.6 Å². The lowest BCUT2D eigenvalue weighted by Crippen LogP contribution is -2.44. The molecule has 0 spiro atoms. The zero-order chi connectivity index (χ0) is 13.8. The molecule has 1 unspecified atom stereocenters. The van der Waals surface area contributed by atoms with Crippen LogP contribution in [0.25, 0.3) is 0 Å². The van der Waals surface area contributed by atoms with Crippen LogP contribution in [0.1, 0.15) is 18.1 Å². The van der Waals surface area contributed by atoms with Gasteiger partial charge in [-0.2, -0.15) is 0 Å². The van der Waals surface area contributed by atoms with Crippen molar-refractivity contribution in [2.24, 2.45) is 5.92 Å². The first-order valence-corrected chi connectivity index (χ1v) is 6.93. The fourth-order valence-electron chi connectivity index (χ4n) is 1.97. The Kier molecular flexibility index (Phi) is 7.06. The molecule has 20 heavy (non-hydrogen) atoms. The summed E-state index contributed by atoms with van der Waals surface area (Å²) in [5.41, 5.74) is 0.455. The highest BCUT2D eigenvalue weighted by Crippen LogP contribution is 2.29. The Morgan fingerprint density at radius 1 is 1.40 bits per heavy atom. The first kappa shape index (κ1) is 17.5. The number of nitrogens with one attached hydrogen (secondary N) is 2. The first-order valence-electron chi connectivity index (χ1n) is 6.17. The molecule has 7 heteroatoms. The lowest BCUT2D eigenvalue weighted by Gasteiger charge is -2.26.